The highest BCUT2D eigenvalue weighted by molar-refractivity contribution is 6.09. The maximum absolute atomic E-state index is 2.88. The van der Waals surface area contributed by atoms with Crippen molar-refractivity contribution in [2.75, 3.05) is 0 Å². The molecule has 0 saturated heterocycles. The largest absolute Gasteiger partial charge is 0.290 e. The lowest BCUT2D eigenvalue weighted by Crippen LogP contribution is -2.52. The summed E-state index contributed by atoms with van der Waals surface area (Å²) in [6.07, 6.45) is 5.07. The minimum atomic E-state index is 0.469. The molecule has 52 heavy (non-hydrogen) atoms. The predicted molar refractivity (Wildman–Crippen MR) is 218 cm³/mol. The van der Waals surface area contributed by atoms with Crippen molar-refractivity contribution in [2.45, 2.75) is 63.9 Å². The van der Waals surface area contributed by atoms with Crippen LogP contribution in [0.1, 0.15) is 47.9 Å². The predicted octanol–water partition coefficient (Wildman–Crippen LogP) is 12.3. The Kier molecular flexibility index (Phi) is 7.10. The normalized spacial score (nSPS) is 19.2. The molecule has 3 aliphatic rings. The lowest BCUT2D eigenvalue weighted by atomic mass is 9.87. The Bertz CT molecular complexity index is 2330. The molecule has 8 aromatic rings. The van der Waals surface area contributed by atoms with E-state index in [4.69, 9.17) is 0 Å². The fourth-order valence-corrected chi connectivity index (χ4v) is 10.4. The molecule has 11 rings (SSSR count). The average Bonchev–Trinajstić information content (AvgIpc) is 3.49. The fourth-order valence-electron chi connectivity index (χ4n) is 10.4. The third-order valence-corrected chi connectivity index (χ3v) is 12.7. The van der Waals surface area contributed by atoms with Crippen LogP contribution >= 0.6 is 0 Å². The van der Waals surface area contributed by atoms with Crippen molar-refractivity contribution in [2.24, 2.45) is 0 Å². The van der Waals surface area contributed by atoms with E-state index in [2.05, 4.69) is 155 Å². The van der Waals surface area contributed by atoms with Gasteiger partial charge in [0.05, 0.1) is 0 Å². The van der Waals surface area contributed by atoms with Gasteiger partial charge in [0.25, 0.3) is 0 Å². The molecule has 0 spiro atoms. The quantitative estimate of drug-likeness (QED) is 0.181. The smallest absolute Gasteiger partial charge is 0.0258 e. The Balaban J connectivity index is 1.06. The van der Waals surface area contributed by atoms with E-state index < -0.39 is 0 Å². The lowest BCUT2D eigenvalue weighted by Gasteiger charge is -2.45. The molecule has 2 aliphatic heterocycles. The summed E-state index contributed by atoms with van der Waals surface area (Å²) >= 11 is 0. The summed E-state index contributed by atoms with van der Waals surface area (Å²) in [5.41, 5.74) is 11.6. The molecule has 2 nitrogen and oxygen atoms in total. The number of hydrogen-bond acceptors (Lipinski definition) is 2. The van der Waals surface area contributed by atoms with Gasteiger partial charge in [-0.05, 0) is 100 Å². The highest BCUT2D eigenvalue weighted by Crippen LogP contribution is 2.46. The third-order valence-electron chi connectivity index (χ3n) is 12.7. The summed E-state index contributed by atoms with van der Waals surface area (Å²) in [7, 11) is 0. The average molecular weight is 671 g/mol. The molecule has 1 fully saturated rings. The van der Waals surface area contributed by atoms with E-state index in [9.17, 15) is 0 Å². The Morgan fingerprint density at radius 3 is 0.865 bits per heavy atom. The van der Waals surface area contributed by atoms with Crippen molar-refractivity contribution in [3.8, 4) is 22.3 Å². The first-order valence-corrected chi connectivity index (χ1v) is 19.3. The van der Waals surface area contributed by atoms with Gasteiger partial charge in [0, 0.05) is 38.3 Å². The first-order chi connectivity index (χ1) is 25.8. The first kappa shape index (κ1) is 30.4. The molecule has 2 heteroatoms. The standard InChI is InChI=1S/C50H42N2/c1-5-15-41-33(11-1)21-25-37-29-51(30-38-26-22-34-12-2-6-16-42(34)48(38)47(37)41)45-19-9-10-20-46(45)52-31-39-27-23-35-13-3-7-17-43(35)49(39)50-40(32-52)28-24-36-14-4-8-18-44(36)50/h1-8,11-18,21-28,45-46H,9-10,19-20,29-32H2/t45-,46-/m0/s1. The second-order valence-corrected chi connectivity index (χ2v) is 15.5. The zero-order valence-electron chi connectivity index (χ0n) is 29.6. The van der Waals surface area contributed by atoms with E-state index in [0.717, 1.165) is 26.2 Å². The maximum Gasteiger partial charge on any atom is 0.0258 e. The van der Waals surface area contributed by atoms with E-state index in [1.165, 1.54) is 113 Å². The second kappa shape index (κ2) is 12.2. The highest BCUT2D eigenvalue weighted by Gasteiger charge is 2.38. The first-order valence-electron chi connectivity index (χ1n) is 19.3. The molecule has 0 aromatic heterocycles. The summed E-state index contributed by atoms with van der Waals surface area (Å²) in [4.78, 5) is 5.76. The SMILES string of the molecule is c1ccc2c3c(ccc2c1)CN([C@H]1CCCC[C@@H]1N1Cc2ccc4ccccc4c2-c2c(ccc4ccccc24)C1)Cc1ccc2ccccc2c1-3. The summed E-state index contributed by atoms with van der Waals surface area (Å²) in [6, 6.07) is 56.2. The van der Waals surface area contributed by atoms with Gasteiger partial charge in [-0.25, -0.2) is 0 Å². The maximum atomic E-state index is 2.88. The third kappa shape index (κ3) is 4.78. The van der Waals surface area contributed by atoms with Gasteiger partial charge in [0.15, 0.2) is 0 Å². The van der Waals surface area contributed by atoms with Crippen LogP contribution < -0.4 is 0 Å². The van der Waals surface area contributed by atoms with E-state index in [1.807, 2.05) is 0 Å². The van der Waals surface area contributed by atoms with Crippen molar-refractivity contribution in [3.63, 3.8) is 0 Å². The Morgan fingerprint density at radius 2 is 0.577 bits per heavy atom. The molecule has 0 amide bonds. The van der Waals surface area contributed by atoms with Crippen LogP contribution in [0.4, 0.5) is 0 Å². The number of benzene rings is 8. The Labute approximate surface area is 305 Å². The van der Waals surface area contributed by atoms with Gasteiger partial charge in [0.2, 0.25) is 0 Å². The zero-order chi connectivity index (χ0) is 34.2. The second-order valence-electron chi connectivity index (χ2n) is 15.5. The van der Waals surface area contributed by atoms with Crippen molar-refractivity contribution in [1.82, 2.24) is 9.80 Å². The van der Waals surface area contributed by atoms with E-state index in [1.54, 1.807) is 0 Å². The van der Waals surface area contributed by atoms with Crippen molar-refractivity contribution < 1.29 is 0 Å². The van der Waals surface area contributed by atoms with E-state index >= 15 is 0 Å². The molecule has 0 bridgehead atoms. The van der Waals surface area contributed by atoms with Gasteiger partial charge in [-0.3, -0.25) is 9.80 Å². The van der Waals surface area contributed by atoms with Gasteiger partial charge in [-0.2, -0.15) is 0 Å². The fraction of sp³-hybridized carbons (Fsp3) is 0.200. The molecule has 8 aromatic carbocycles. The van der Waals surface area contributed by atoms with Crippen LogP contribution in [0.15, 0.2) is 146 Å². The van der Waals surface area contributed by atoms with Crippen LogP contribution in [0.3, 0.4) is 0 Å². The number of nitrogens with zero attached hydrogens (tertiary/aromatic N) is 2. The molecular weight excluding hydrogens is 629 g/mol. The highest BCUT2D eigenvalue weighted by atomic mass is 15.3. The molecule has 0 unspecified atom stereocenters. The van der Waals surface area contributed by atoms with Crippen LogP contribution in [0, 0.1) is 0 Å². The summed E-state index contributed by atoms with van der Waals surface area (Å²) in [6.45, 7) is 3.89. The van der Waals surface area contributed by atoms with Gasteiger partial charge in [-0.15, -0.1) is 0 Å². The molecule has 252 valence electrons. The summed E-state index contributed by atoms with van der Waals surface area (Å²) in [5.74, 6) is 0. The number of hydrogen-bond donors (Lipinski definition) is 0. The van der Waals surface area contributed by atoms with Gasteiger partial charge in [0.1, 0.15) is 0 Å². The zero-order valence-corrected chi connectivity index (χ0v) is 29.6. The van der Waals surface area contributed by atoms with Crippen molar-refractivity contribution >= 4 is 43.1 Å². The minimum Gasteiger partial charge on any atom is -0.290 e. The van der Waals surface area contributed by atoms with Crippen molar-refractivity contribution in [1.29, 1.82) is 0 Å². The monoisotopic (exact) mass is 670 g/mol. The van der Waals surface area contributed by atoms with Crippen LogP contribution in [-0.2, 0) is 26.2 Å². The Hall–Kier alpha value is -5.28. The lowest BCUT2D eigenvalue weighted by molar-refractivity contribution is 0.0309. The number of fused-ring (bicyclic) bond motifs is 14. The van der Waals surface area contributed by atoms with Gasteiger partial charge >= 0.3 is 0 Å². The molecular formula is C50H42N2. The van der Waals surface area contributed by atoms with Gasteiger partial charge < -0.3 is 0 Å². The summed E-state index contributed by atoms with van der Waals surface area (Å²) < 4.78 is 0. The van der Waals surface area contributed by atoms with Crippen LogP contribution in [0.2, 0.25) is 0 Å². The molecule has 0 N–H and O–H groups in total. The van der Waals surface area contributed by atoms with Crippen LogP contribution in [0.25, 0.3) is 65.3 Å². The van der Waals surface area contributed by atoms with E-state index in [0.29, 0.717) is 12.1 Å². The Morgan fingerprint density at radius 1 is 0.308 bits per heavy atom. The number of rotatable bonds is 2. The van der Waals surface area contributed by atoms with Crippen LogP contribution in [-0.4, -0.2) is 21.9 Å². The topological polar surface area (TPSA) is 6.48 Å². The molecule has 1 aliphatic carbocycles. The molecule has 0 radical (unpaired) electrons. The van der Waals surface area contributed by atoms with Gasteiger partial charge in [-0.1, -0.05) is 158 Å². The molecule has 2 atom stereocenters. The van der Waals surface area contributed by atoms with Crippen LogP contribution in [0.5, 0.6) is 0 Å². The molecule has 2 heterocycles. The van der Waals surface area contributed by atoms with E-state index in [-0.39, 0.29) is 0 Å². The molecule has 1 saturated carbocycles. The summed E-state index contributed by atoms with van der Waals surface area (Å²) in [5, 5.41) is 10.8. The minimum absolute atomic E-state index is 0.469. The van der Waals surface area contributed by atoms with Crippen molar-refractivity contribution in [3.05, 3.63) is 168 Å².